The number of nitrogens with one attached hydrogen (secondary N) is 1. The van der Waals surface area contributed by atoms with Crippen molar-refractivity contribution in [2.45, 2.75) is 59.5 Å². The largest absolute Gasteiger partial charge is 0.483 e. The number of carbonyl (C=O) groups excluding carboxylic acids is 2. The van der Waals surface area contributed by atoms with Gasteiger partial charge in [-0.05, 0) is 47.6 Å². The van der Waals surface area contributed by atoms with Gasteiger partial charge in [-0.25, -0.2) is 4.39 Å². The maximum atomic E-state index is 13.4. The van der Waals surface area contributed by atoms with E-state index >= 15 is 0 Å². The highest BCUT2D eigenvalue weighted by molar-refractivity contribution is 5.88. The van der Waals surface area contributed by atoms with Crippen molar-refractivity contribution in [1.29, 1.82) is 0 Å². The van der Waals surface area contributed by atoms with Crippen molar-refractivity contribution in [2.24, 2.45) is 5.92 Å². The summed E-state index contributed by atoms with van der Waals surface area (Å²) in [7, 11) is 0. The Morgan fingerprint density at radius 2 is 1.69 bits per heavy atom. The van der Waals surface area contributed by atoms with E-state index in [2.05, 4.69) is 19.2 Å². The van der Waals surface area contributed by atoms with Crippen LogP contribution in [0.25, 0.3) is 0 Å². The van der Waals surface area contributed by atoms with Crippen LogP contribution in [0.1, 0.15) is 58.1 Å². The van der Waals surface area contributed by atoms with Gasteiger partial charge in [0.05, 0.1) is 0 Å². The average molecular weight is 443 g/mol. The van der Waals surface area contributed by atoms with Gasteiger partial charge in [-0.15, -0.1) is 0 Å². The molecule has 0 aliphatic carbocycles. The summed E-state index contributed by atoms with van der Waals surface area (Å²) in [5.41, 5.74) is 1.77. The second kappa shape index (κ2) is 12.2. The molecule has 0 radical (unpaired) electrons. The highest BCUT2D eigenvalue weighted by Crippen LogP contribution is 2.26. The molecule has 1 N–H and O–H groups in total. The third-order valence-electron chi connectivity index (χ3n) is 5.23. The molecule has 0 aromatic heterocycles. The second-order valence-corrected chi connectivity index (χ2v) is 8.69. The summed E-state index contributed by atoms with van der Waals surface area (Å²) in [4.78, 5) is 27.7. The third-order valence-corrected chi connectivity index (χ3v) is 5.23. The highest BCUT2D eigenvalue weighted by Gasteiger charge is 2.29. The van der Waals surface area contributed by atoms with E-state index < -0.39 is 6.04 Å². The molecule has 32 heavy (non-hydrogen) atoms. The second-order valence-electron chi connectivity index (χ2n) is 8.69. The first-order valence-corrected chi connectivity index (χ1v) is 11.3. The number of hydrogen-bond donors (Lipinski definition) is 1. The number of rotatable bonds is 11. The molecule has 0 unspecified atom stereocenters. The number of para-hydroxylation sites is 1. The molecule has 2 aromatic carbocycles. The van der Waals surface area contributed by atoms with Gasteiger partial charge in [-0.2, -0.15) is 0 Å². The van der Waals surface area contributed by atoms with Gasteiger partial charge in [-0.3, -0.25) is 9.59 Å². The van der Waals surface area contributed by atoms with E-state index in [1.54, 1.807) is 12.1 Å². The van der Waals surface area contributed by atoms with Crippen LogP contribution in [0.3, 0.4) is 0 Å². The molecule has 5 nitrogen and oxygen atoms in total. The van der Waals surface area contributed by atoms with Crippen LogP contribution in [0.2, 0.25) is 0 Å². The minimum absolute atomic E-state index is 0.182. The SMILES string of the molecule is CC[C@@H](C(=O)NCC(C)C)N(Cc1ccc(F)cc1)C(=O)COc1ccccc1C(C)C. The summed E-state index contributed by atoms with van der Waals surface area (Å²) in [6, 6.07) is 13.0. The van der Waals surface area contributed by atoms with Crippen LogP contribution < -0.4 is 10.1 Å². The lowest BCUT2D eigenvalue weighted by Gasteiger charge is -2.31. The predicted molar refractivity (Wildman–Crippen MR) is 125 cm³/mol. The van der Waals surface area contributed by atoms with Crippen LogP contribution >= 0.6 is 0 Å². The van der Waals surface area contributed by atoms with E-state index in [0.717, 1.165) is 11.1 Å². The number of carbonyl (C=O) groups is 2. The van der Waals surface area contributed by atoms with Crippen LogP contribution in [0.15, 0.2) is 48.5 Å². The van der Waals surface area contributed by atoms with Crippen molar-refractivity contribution < 1.29 is 18.7 Å². The number of ether oxygens (including phenoxy) is 1. The summed E-state index contributed by atoms with van der Waals surface area (Å²) in [6.45, 7) is 10.6. The summed E-state index contributed by atoms with van der Waals surface area (Å²) in [5.74, 6) is 0.380. The maximum absolute atomic E-state index is 13.4. The number of benzene rings is 2. The van der Waals surface area contributed by atoms with Gasteiger partial charge < -0.3 is 15.0 Å². The van der Waals surface area contributed by atoms with Crippen molar-refractivity contribution >= 4 is 11.8 Å². The first-order chi connectivity index (χ1) is 15.2. The Bertz CT molecular complexity index is 881. The zero-order valence-corrected chi connectivity index (χ0v) is 19.7. The number of amides is 2. The smallest absolute Gasteiger partial charge is 0.261 e. The Morgan fingerprint density at radius 1 is 1.03 bits per heavy atom. The molecule has 2 aromatic rings. The van der Waals surface area contributed by atoms with Crippen LogP contribution in [-0.2, 0) is 16.1 Å². The number of halogens is 1. The van der Waals surface area contributed by atoms with Crippen molar-refractivity contribution in [2.75, 3.05) is 13.2 Å². The summed E-state index contributed by atoms with van der Waals surface area (Å²) in [6.07, 6.45) is 0.458. The molecule has 0 fully saturated rings. The van der Waals surface area contributed by atoms with Gasteiger partial charge in [-0.1, -0.05) is 65.0 Å². The van der Waals surface area contributed by atoms with Crippen LogP contribution in [0.5, 0.6) is 5.75 Å². The molecule has 0 spiro atoms. The molecule has 2 amide bonds. The molecule has 174 valence electrons. The Labute approximate surface area is 191 Å². The lowest BCUT2D eigenvalue weighted by Crippen LogP contribution is -2.50. The van der Waals surface area contributed by atoms with Gasteiger partial charge in [0.1, 0.15) is 17.6 Å². The monoisotopic (exact) mass is 442 g/mol. The van der Waals surface area contributed by atoms with E-state index in [9.17, 15) is 14.0 Å². The van der Waals surface area contributed by atoms with Gasteiger partial charge in [0.15, 0.2) is 6.61 Å². The summed E-state index contributed by atoms with van der Waals surface area (Å²) in [5, 5.41) is 2.93. The molecule has 0 saturated carbocycles. The van der Waals surface area contributed by atoms with E-state index in [0.29, 0.717) is 24.6 Å². The van der Waals surface area contributed by atoms with Crippen molar-refractivity contribution in [3.8, 4) is 5.75 Å². The van der Waals surface area contributed by atoms with E-state index in [4.69, 9.17) is 4.74 Å². The zero-order chi connectivity index (χ0) is 23.7. The molecule has 1 atom stereocenters. The highest BCUT2D eigenvalue weighted by atomic mass is 19.1. The van der Waals surface area contributed by atoms with Gasteiger partial charge >= 0.3 is 0 Å². The maximum Gasteiger partial charge on any atom is 0.261 e. The molecule has 6 heteroatoms. The van der Waals surface area contributed by atoms with Crippen molar-refractivity contribution in [3.05, 3.63) is 65.5 Å². The minimum Gasteiger partial charge on any atom is -0.483 e. The van der Waals surface area contributed by atoms with Crippen LogP contribution in [-0.4, -0.2) is 35.9 Å². The van der Waals surface area contributed by atoms with Gasteiger partial charge in [0, 0.05) is 13.1 Å². The van der Waals surface area contributed by atoms with E-state index in [1.807, 2.05) is 45.0 Å². The molecular weight excluding hydrogens is 407 g/mol. The van der Waals surface area contributed by atoms with Crippen LogP contribution in [0, 0.1) is 11.7 Å². The number of nitrogens with zero attached hydrogens (tertiary/aromatic N) is 1. The molecule has 0 aliphatic heterocycles. The lowest BCUT2D eigenvalue weighted by atomic mass is 10.0. The fraction of sp³-hybridized carbons (Fsp3) is 0.462. The fourth-order valence-corrected chi connectivity index (χ4v) is 3.44. The van der Waals surface area contributed by atoms with Crippen molar-refractivity contribution in [3.63, 3.8) is 0 Å². The fourth-order valence-electron chi connectivity index (χ4n) is 3.44. The predicted octanol–water partition coefficient (Wildman–Crippen LogP) is 4.91. The topological polar surface area (TPSA) is 58.6 Å². The standard InChI is InChI=1S/C26H35FN2O3/c1-6-23(26(31)28-15-18(2)3)29(16-20-11-13-21(27)14-12-20)25(30)17-32-24-10-8-7-9-22(24)19(4)5/h7-14,18-19,23H,6,15-17H2,1-5H3,(H,28,31)/t23-/m0/s1. The molecule has 2 rings (SSSR count). The zero-order valence-electron chi connectivity index (χ0n) is 19.7. The quantitative estimate of drug-likeness (QED) is 0.538. The first-order valence-electron chi connectivity index (χ1n) is 11.3. The normalized spacial score (nSPS) is 12.0. The molecule has 0 aliphatic rings. The molecule has 0 bridgehead atoms. The van der Waals surface area contributed by atoms with Gasteiger partial charge in [0.25, 0.3) is 5.91 Å². The average Bonchev–Trinajstić information content (AvgIpc) is 2.77. The number of hydrogen-bond acceptors (Lipinski definition) is 3. The van der Waals surface area contributed by atoms with Crippen LogP contribution in [0.4, 0.5) is 4.39 Å². The molecule has 0 saturated heterocycles. The minimum atomic E-state index is -0.643. The molecular formula is C26H35FN2O3. The Hall–Kier alpha value is -2.89. The lowest BCUT2D eigenvalue weighted by molar-refractivity contribution is -0.143. The van der Waals surface area contributed by atoms with Crippen molar-refractivity contribution in [1.82, 2.24) is 10.2 Å². The Balaban J connectivity index is 2.23. The molecule has 0 heterocycles. The van der Waals surface area contributed by atoms with E-state index in [1.165, 1.54) is 17.0 Å². The first kappa shape index (κ1) is 25.4. The Kier molecular flexibility index (Phi) is 9.69. The van der Waals surface area contributed by atoms with Gasteiger partial charge in [0.2, 0.25) is 5.91 Å². The third kappa shape index (κ3) is 7.36. The van der Waals surface area contributed by atoms with E-state index in [-0.39, 0.29) is 36.7 Å². The summed E-state index contributed by atoms with van der Waals surface area (Å²) < 4.78 is 19.2. The Morgan fingerprint density at radius 3 is 2.28 bits per heavy atom. The summed E-state index contributed by atoms with van der Waals surface area (Å²) >= 11 is 0.